The van der Waals surface area contributed by atoms with Gasteiger partial charge < -0.3 is 10.8 Å². The van der Waals surface area contributed by atoms with E-state index in [-0.39, 0.29) is 6.42 Å². The Morgan fingerprint density at radius 1 is 1.40 bits per heavy atom. The van der Waals surface area contributed by atoms with Crippen LogP contribution >= 0.6 is 0 Å². The number of benzene rings is 1. The van der Waals surface area contributed by atoms with Gasteiger partial charge in [-0.2, -0.15) is 0 Å². The van der Waals surface area contributed by atoms with Crippen molar-refractivity contribution in [2.75, 3.05) is 0 Å². The maximum atomic E-state index is 12.5. The minimum Gasteiger partial charge on any atom is -0.480 e. The number of carbonyl (C=O) groups is 1. The van der Waals surface area contributed by atoms with Crippen LogP contribution in [0.25, 0.3) is 0 Å². The van der Waals surface area contributed by atoms with Gasteiger partial charge in [0.15, 0.2) is 5.54 Å². The number of halogens is 2. The third-order valence-corrected chi connectivity index (χ3v) is 2.13. The third kappa shape index (κ3) is 2.50. The van der Waals surface area contributed by atoms with Crippen LogP contribution in [0.2, 0.25) is 0 Å². The van der Waals surface area contributed by atoms with E-state index in [2.05, 4.69) is 0 Å². The number of alkyl halides is 2. The molecule has 0 radical (unpaired) electrons. The summed E-state index contributed by atoms with van der Waals surface area (Å²) in [5.41, 5.74) is 3.13. The number of carboxylic acid groups (broad SMARTS) is 1. The molecule has 5 heteroatoms. The van der Waals surface area contributed by atoms with Gasteiger partial charge in [-0.15, -0.1) is 0 Å². The molecule has 82 valence electrons. The summed E-state index contributed by atoms with van der Waals surface area (Å²) in [5, 5.41) is 8.66. The Morgan fingerprint density at radius 3 is 2.33 bits per heavy atom. The van der Waals surface area contributed by atoms with Crippen LogP contribution in [-0.2, 0) is 11.2 Å². The summed E-state index contributed by atoms with van der Waals surface area (Å²) in [7, 11) is 0. The van der Waals surface area contributed by atoms with Gasteiger partial charge in [0.05, 0.1) is 0 Å². The summed E-state index contributed by atoms with van der Waals surface area (Å²) in [6, 6.07) is 8.12. The van der Waals surface area contributed by atoms with E-state index in [0.29, 0.717) is 5.56 Å². The van der Waals surface area contributed by atoms with Gasteiger partial charge in [0, 0.05) is 6.42 Å². The van der Waals surface area contributed by atoms with Crippen molar-refractivity contribution in [3.63, 3.8) is 0 Å². The molecule has 0 heterocycles. The Kier molecular flexibility index (Phi) is 3.36. The highest BCUT2D eigenvalue weighted by Gasteiger charge is 2.43. The van der Waals surface area contributed by atoms with Gasteiger partial charge in [-0.3, -0.25) is 0 Å². The third-order valence-electron chi connectivity index (χ3n) is 2.13. The summed E-state index contributed by atoms with van der Waals surface area (Å²) in [6.45, 7) is 0. The highest BCUT2D eigenvalue weighted by atomic mass is 19.3. The fourth-order valence-corrected chi connectivity index (χ4v) is 1.18. The number of hydrogen-bond donors (Lipinski definition) is 2. The van der Waals surface area contributed by atoms with E-state index in [4.69, 9.17) is 10.8 Å². The zero-order chi connectivity index (χ0) is 11.5. The van der Waals surface area contributed by atoms with Crippen molar-refractivity contribution in [3.8, 4) is 0 Å². The predicted octanol–water partition coefficient (Wildman–Crippen LogP) is 1.28. The van der Waals surface area contributed by atoms with Gasteiger partial charge in [0.25, 0.3) is 6.43 Å². The zero-order valence-electron chi connectivity index (χ0n) is 7.86. The number of rotatable bonds is 4. The molecule has 0 saturated carbocycles. The second-order valence-electron chi connectivity index (χ2n) is 3.31. The van der Waals surface area contributed by atoms with Crippen LogP contribution in [0.1, 0.15) is 5.56 Å². The molecule has 0 unspecified atom stereocenters. The van der Waals surface area contributed by atoms with Crippen LogP contribution < -0.4 is 5.73 Å². The van der Waals surface area contributed by atoms with Crippen molar-refractivity contribution in [1.29, 1.82) is 0 Å². The van der Waals surface area contributed by atoms with E-state index in [1.165, 1.54) is 0 Å². The Bertz CT molecular complexity index is 343. The molecule has 15 heavy (non-hydrogen) atoms. The number of nitrogens with two attached hydrogens (primary N) is 1. The number of carboxylic acids is 1. The van der Waals surface area contributed by atoms with Crippen molar-refractivity contribution in [2.24, 2.45) is 5.73 Å². The molecule has 1 aromatic rings. The Hall–Kier alpha value is -1.49. The van der Waals surface area contributed by atoms with Crippen molar-refractivity contribution in [3.05, 3.63) is 35.9 Å². The van der Waals surface area contributed by atoms with Crippen LogP contribution in [0, 0.1) is 0 Å². The first-order chi connectivity index (χ1) is 6.97. The fourth-order valence-electron chi connectivity index (χ4n) is 1.18. The summed E-state index contributed by atoms with van der Waals surface area (Å²) in [4.78, 5) is 10.7. The van der Waals surface area contributed by atoms with Gasteiger partial charge in [-0.05, 0) is 5.56 Å². The Morgan fingerprint density at radius 2 is 1.93 bits per heavy atom. The molecule has 1 aromatic carbocycles. The minimum atomic E-state index is -3.10. The van der Waals surface area contributed by atoms with E-state index >= 15 is 0 Å². The lowest BCUT2D eigenvalue weighted by Crippen LogP contribution is -2.55. The lowest BCUT2D eigenvalue weighted by molar-refractivity contribution is -0.149. The molecule has 0 aromatic heterocycles. The zero-order valence-corrected chi connectivity index (χ0v) is 7.86. The maximum absolute atomic E-state index is 12.5. The van der Waals surface area contributed by atoms with E-state index < -0.39 is 17.9 Å². The molecule has 0 bridgehead atoms. The van der Waals surface area contributed by atoms with Crippen LogP contribution in [0.5, 0.6) is 0 Å². The van der Waals surface area contributed by atoms with Crippen LogP contribution in [-0.4, -0.2) is 23.0 Å². The van der Waals surface area contributed by atoms with Gasteiger partial charge in [-0.25, -0.2) is 13.6 Å². The second kappa shape index (κ2) is 4.35. The molecule has 0 aliphatic carbocycles. The van der Waals surface area contributed by atoms with E-state index in [0.717, 1.165) is 0 Å². The average Bonchev–Trinajstić information content (AvgIpc) is 2.18. The van der Waals surface area contributed by atoms with Crippen molar-refractivity contribution in [2.45, 2.75) is 18.4 Å². The highest BCUT2D eigenvalue weighted by molar-refractivity contribution is 5.79. The normalized spacial score (nSPS) is 14.9. The molecule has 3 nitrogen and oxygen atoms in total. The number of aliphatic carboxylic acids is 1. The molecule has 1 atom stereocenters. The molecule has 0 amide bonds. The van der Waals surface area contributed by atoms with E-state index in [9.17, 15) is 13.6 Å². The molecular formula is C10H11F2NO2. The number of hydrogen-bond acceptors (Lipinski definition) is 2. The van der Waals surface area contributed by atoms with Crippen LogP contribution in [0.4, 0.5) is 8.78 Å². The summed E-state index contributed by atoms with van der Waals surface area (Å²) >= 11 is 0. The molecular weight excluding hydrogens is 204 g/mol. The van der Waals surface area contributed by atoms with Gasteiger partial charge in [0.2, 0.25) is 0 Å². The van der Waals surface area contributed by atoms with Crippen molar-refractivity contribution >= 4 is 5.97 Å². The monoisotopic (exact) mass is 215 g/mol. The quantitative estimate of drug-likeness (QED) is 0.795. The lowest BCUT2D eigenvalue weighted by atomic mass is 9.92. The average molecular weight is 215 g/mol. The Balaban J connectivity index is 2.90. The highest BCUT2D eigenvalue weighted by Crippen LogP contribution is 2.19. The summed E-state index contributed by atoms with van der Waals surface area (Å²) < 4.78 is 25.0. The largest absolute Gasteiger partial charge is 0.480 e. The van der Waals surface area contributed by atoms with Gasteiger partial charge in [-0.1, -0.05) is 30.3 Å². The summed E-state index contributed by atoms with van der Waals surface area (Å²) in [6.07, 6.45) is -3.49. The molecule has 3 N–H and O–H groups in total. The minimum absolute atomic E-state index is 0.388. The lowest BCUT2D eigenvalue weighted by Gasteiger charge is -2.23. The molecule has 0 aliphatic heterocycles. The standard InChI is InChI=1S/C10H11F2NO2/c11-8(12)10(13,9(14)15)6-7-4-2-1-3-5-7/h1-5,8H,6,13H2,(H,14,15)/t10-/m1/s1. The SMILES string of the molecule is N[C@@](Cc1ccccc1)(C(=O)O)C(F)F. The molecule has 0 aliphatic rings. The first kappa shape index (κ1) is 11.6. The van der Waals surface area contributed by atoms with Crippen LogP contribution in [0.3, 0.4) is 0 Å². The smallest absolute Gasteiger partial charge is 0.330 e. The molecule has 0 saturated heterocycles. The van der Waals surface area contributed by atoms with Crippen molar-refractivity contribution < 1.29 is 18.7 Å². The van der Waals surface area contributed by atoms with Crippen LogP contribution in [0.15, 0.2) is 30.3 Å². The van der Waals surface area contributed by atoms with E-state index in [1.807, 2.05) is 0 Å². The maximum Gasteiger partial charge on any atom is 0.330 e. The topological polar surface area (TPSA) is 63.3 Å². The fraction of sp³-hybridized carbons (Fsp3) is 0.300. The van der Waals surface area contributed by atoms with Crippen molar-refractivity contribution in [1.82, 2.24) is 0 Å². The Labute approximate surface area is 85.5 Å². The first-order valence-corrected chi connectivity index (χ1v) is 4.31. The first-order valence-electron chi connectivity index (χ1n) is 4.31. The van der Waals surface area contributed by atoms with Gasteiger partial charge >= 0.3 is 5.97 Å². The predicted molar refractivity (Wildman–Crippen MR) is 50.7 cm³/mol. The second-order valence-corrected chi connectivity index (χ2v) is 3.31. The molecule has 0 spiro atoms. The van der Waals surface area contributed by atoms with Gasteiger partial charge in [0.1, 0.15) is 0 Å². The molecule has 1 rings (SSSR count). The molecule has 0 fully saturated rings. The summed E-state index contributed by atoms with van der Waals surface area (Å²) in [5.74, 6) is -1.69. The van der Waals surface area contributed by atoms with E-state index in [1.54, 1.807) is 30.3 Å².